The van der Waals surface area contributed by atoms with Crippen LogP contribution in [-0.2, 0) is 14.3 Å². The lowest BCUT2D eigenvalue weighted by Crippen LogP contribution is -2.65. The fraction of sp³-hybridized carbons (Fsp3) is 0.889. The van der Waals surface area contributed by atoms with Crippen molar-refractivity contribution < 1.29 is 34.1 Å². The first-order chi connectivity index (χ1) is 17.8. The van der Waals surface area contributed by atoms with Crippen molar-refractivity contribution >= 4 is 30.4 Å². The smallest absolute Gasteiger partial charge is 0.410 e. The molecule has 8 rings (SSSR count). The molecule has 0 spiro atoms. The maximum atomic E-state index is 11.9. The summed E-state index contributed by atoms with van der Waals surface area (Å²) < 4.78 is 10.1. The molecule has 218 valence electrons. The summed E-state index contributed by atoms with van der Waals surface area (Å²) >= 11 is 0. The van der Waals surface area contributed by atoms with E-state index in [1.54, 1.807) is 11.8 Å². The molecule has 5 atom stereocenters. The minimum Gasteiger partial charge on any atom is -0.450 e. The highest BCUT2D eigenvalue weighted by molar-refractivity contribution is 5.86. The number of hydrogen-bond donors (Lipinski definition) is 2. The van der Waals surface area contributed by atoms with Gasteiger partial charge in [0.25, 0.3) is 0 Å². The highest BCUT2D eigenvalue weighted by Gasteiger charge is 2.47. The van der Waals surface area contributed by atoms with Crippen molar-refractivity contribution in [1.29, 1.82) is 0 Å². The number of hydrogen-bond acceptors (Lipinski definition) is 8. The average Bonchev–Trinajstić information content (AvgIpc) is 2.87. The highest BCUT2D eigenvalue weighted by atomic mass is 35.5. The van der Waals surface area contributed by atoms with Gasteiger partial charge in [0.05, 0.1) is 25.4 Å². The molecule has 0 aromatic rings. The van der Waals surface area contributed by atoms with E-state index in [9.17, 15) is 19.5 Å². The van der Waals surface area contributed by atoms with Crippen LogP contribution in [0.15, 0.2) is 0 Å². The molecule has 2 N–H and O–H groups in total. The zero-order valence-corrected chi connectivity index (χ0v) is 23.7. The van der Waals surface area contributed by atoms with Gasteiger partial charge in [0.2, 0.25) is 0 Å². The van der Waals surface area contributed by atoms with Gasteiger partial charge < -0.3 is 29.5 Å². The zero-order valence-electron chi connectivity index (χ0n) is 22.8. The van der Waals surface area contributed by atoms with Gasteiger partial charge in [0.15, 0.2) is 0 Å². The molecule has 0 radical (unpaired) electrons. The predicted octanol–water partition coefficient (Wildman–Crippen LogP) is 2.82. The van der Waals surface area contributed by atoms with Crippen molar-refractivity contribution in [2.24, 2.45) is 11.8 Å². The SMILES string of the molecule is CCOC(=O)N1CC2CCC1CC2=O.CCOC(=O)N1CC2CCC1CC2N1CC(O)C1.Cl.OC1CCC1. The van der Waals surface area contributed by atoms with Crippen LogP contribution < -0.4 is 0 Å². The molecular formula is C27H46ClN3O7. The summed E-state index contributed by atoms with van der Waals surface area (Å²) in [5, 5.41) is 17.9. The standard InChI is InChI=1S/C13H22N2O3.C10H15NO3.C4H8O.ClH/c1-2-18-13(17)15-6-9-3-4-10(15)5-12(9)14-7-11(16)8-14;1-2-14-10(13)11-6-7-3-4-8(11)5-9(7)12;5-4-2-1-3-4;/h9-12,16H,2-8H2,1H3;7-8H,2-6H2,1H3;4-5H,1-3H2;1H. The molecule has 38 heavy (non-hydrogen) atoms. The number of rotatable bonds is 3. The van der Waals surface area contributed by atoms with E-state index in [4.69, 9.17) is 14.6 Å². The highest BCUT2D eigenvalue weighted by Crippen LogP contribution is 2.39. The second-order valence-corrected chi connectivity index (χ2v) is 11.3. The molecule has 5 aliphatic heterocycles. The normalized spacial score (nSPS) is 32.0. The number of Topliss-reactive ketones (excluding diaryl/α,β-unsaturated/α-hetero) is 1. The van der Waals surface area contributed by atoms with E-state index in [1.165, 1.54) is 12.8 Å². The fourth-order valence-corrected chi connectivity index (χ4v) is 6.44. The molecule has 10 nitrogen and oxygen atoms in total. The second kappa shape index (κ2) is 14.1. The van der Waals surface area contributed by atoms with Crippen molar-refractivity contribution in [3.8, 4) is 0 Å². The Morgan fingerprint density at radius 2 is 1.39 bits per heavy atom. The van der Waals surface area contributed by atoms with Gasteiger partial charge in [-0.2, -0.15) is 0 Å². The molecule has 5 heterocycles. The Balaban J connectivity index is 0.000000178. The number of nitrogens with zero attached hydrogens (tertiary/aromatic N) is 3. The Morgan fingerprint density at radius 3 is 1.79 bits per heavy atom. The summed E-state index contributed by atoms with van der Waals surface area (Å²) in [4.78, 5) is 40.8. The molecule has 5 saturated heterocycles. The van der Waals surface area contributed by atoms with Crippen LogP contribution in [0.5, 0.6) is 0 Å². The van der Waals surface area contributed by atoms with Crippen LogP contribution in [0.4, 0.5) is 9.59 Å². The van der Waals surface area contributed by atoms with E-state index in [1.807, 2.05) is 11.8 Å². The largest absolute Gasteiger partial charge is 0.450 e. The molecule has 4 bridgehead atoms. The van der Waals surface area contributed by atoms with Gasteiger partial charge in [0, 0.05) is 56.6 Å². The lowest BCUT2D eigenvalue weighted by Gasteiger charge is -2.55. The third-order valence-corrected chi connectivity index (χ3v) is 8.84. The monoisotopic (exact) mass is 559 g/mol. The quantitative estimate of drug-likeness (QED) is 0.541. The Bertz CT molecular complexity index is 808. The number of carbonyl (C=O) groups is 3. The Morgan fingerprint density at radius 1 is 0.816 bits per heavy atom. The van der Waals surface area contributed by atoms with Crippen LogP contribution in [-0.4, -0.2) is 113 Å². The van der Waals surface area contributed by atoms with Crippen molar-refractivity contribution in [1.82, 2.24) is 14.7 Å². The number of amides is 2. The van der Waals surface area contributed by atoms with Gasteiger partial charge >= 0.3 is 12.2 Å². The van der Waals surface area contributed by atoms with Crippen LogP contribution in [0, 0.1) is 11.8 Å². The van der Waals surface area contributed by atoms with E-state index in [0.29, 0.717) is 50.0 Å². The van der Waals surface area contributed by atoms with Crippen LogP contribution in [0.25, 0.3) is 0 Å². The molecule has 3 saturated carbocycles. The van der Waals surface area contributed by atoms with Gasteiger partial charge in [0.1, 0.15) is 5.78 Å². The summed E-state index contributed by atoms with van der Waals surface area (Å²) in [6, 6.07) is 1.01. The zero-order chi connectivity index (χ0) is 26.5. The lowest BCUT2D eigenvalue weighted by atomic mass is 9.74. The summed E-state index contributed by atoms with van der Waals surface area (Å²) in [7, 11) is 0. The summed E-state index contributed by atoms with van der Waals surface area (Å²) in [6.45, 7) is 7.54. The topological polar surface area (TPSA) is 120 Å². The van der Waals surface area contributed by atoms with Crippen molar-refractivity contribution in [3.05, 3.63) is 0 Å². The number of ketones is 1. The third kappa shape index (κ3) is 7.31. The van der Waals surface area contributed by atoms with Gasteiger partial charge in [-0.3, -0.25) is 9.69 Å². The number of halogens is 1. The number of aliphatic hydroxyl groups excluding tert-OH is 2. The molecule has 2 amide bonds. The van der Waals surface area contributed by atoms with E-state index in [2.05, 4.69) is 4.90 Å². The number of β-amino-alcohol motifs (C(OH)–C–C–N with tert-alkyl or cyclic N) is 1. The van der Waals surface area contributed by atoms with Gasteiger partial charge in [-0.1, -0.05) is 0 Å². The number of piperidine rings is 4. The van der Waals surface area contributed by atoms with Crippen LogP contribution in [0.2, 0.25) is 0 Å². The first-order valence-electron chi connectivity index (χ1n) is 14.3. The number of ether oxygens (including phenoxy) is 2. The maximum absolute atomic E-state index is 11.9. The van der Waals surface area contributed by atoms with Gasteiger partial charge in [-0.15, -0.1) is 12.4 Å². The molecule has 11 heteroatoms. The van der Waals surface area contributed by atoms with E-state index < -0.39 is 0 Å². The number of aliphatic hydroxyl groups is 2. The molecule has 8 aliphatic rings. The van der Waals surface area contributed by atoms with E-state index in [-0.39, 0.29) is 48.8 Å². The van der Waals surface area contributed by atoms with Crippen LogP contribution in [0.3, 0.4) is 0 Å². The molecule has 5 unspecified atom stereocenters. The van der Waals surface area contributed by atoms with Gasteiger partial charge in [-0.05, 0) is 71.1 Å². The fourth-order valence-electron chi connectivity index (χ4n) is 6.44. The molecule has 0 aromatic carbocycles. The Kier molecular flexibility index (Phi) is 11.5. The van der Waals surface area contributed by atoms with Crippen LogP contribution in [0.1, 0.15) is 71.6 Å². The summed E-state index contributed by atoms with van der Waals surface area (Å²) in [5.74, 6) is 0.957. The first kappa shape index (κ1) is 30.9. The van der Waals surface area contributed by atoms with Crippen molar-refractivity contribution in [2.45, 2.75) is 102 Å². The summed E-state index contributed by atoms with van der Waals surface area (Å²) in [6.07, 6.45) is 8.65. The van der Waals surface area contributed by atoms with Crippen molar-refractivity contribution in [2.75, 3.05) is 39.4 Å². The number of carbonyl (C=O) groups excluding carboxylic acids is 3. The van der Waals surface area contributed by atoms with Crippen LogP contribution >= 0.6 is 12.4 Å². The average molecular weight is 560 g/mol. The van der Waals surface area contributed by atoms with E-state index in [0.717, 1.165) is 58.2 Å². The molecule has 8 fully saturated rings. The maximum Gasteiger partial charge on any atom is 0.410 e. The predicted molar refractivity (Wildman–Crippen MR) is 143 cm³/mol. The minimum absolute atomic E-state index is 0. The number of likely N-dealkylation sites (tertiary alicyclic amines) is 1. The third-order valence-electron chi connectivity index (χ3n) is 8.84. The molecule has 3 aliphatic carbocycles. The molecular weight excluding hydrogens is 514 g/mol. The summed E-state index contributed by atoms with van der Waals surface area (Å²) in [5.41, 5.74) is 0. The molecule has 0 aromatic heterocycles. The van der Waals surface area contributed by atoms with Gasteiger partial charge in [-0.25, -0.2) is 9.59 Å². The van der Waals surface area contributed by atoms with E-state index >= 15 is 0 Å². The number of fused-ring (bicyclic) bond motifs is 6. The first-order valence-corrected chi connectivity index (χ1v) is 14.3. The van der Waals surface area contributed by atoms with Crippen molar-refractivity contribution in [3.63, 3.8) is 0 Å². The lowest BCUT2D eigenvalue weighted by molar-refractivity contribution is -0.131. The Labute approximate surface area is 232 Å². The minimum atomic E-state index is -0.255. The Hall–Kier alpha value is -1.62. The second-order valence-electron chi connectivity index (χ2n) is 11.3.